The van der Waals surface area contributed by atoms with Crippen LogP contribution < -0.4 is 10.1 Å². The summed E-state index contributed by atoms with van der Waals surface area (Å²) in [5.74, 6) is 1.00. The summed E-state index contributed by atoms with van der Waals surface area (Å²) in [7, 11) is 1.73. The van der Waals surface area contributed by atoms with Gasteiger partial charge in [-0.2, -0.15) is 0 Å². The SMILES string of the molecule is COc1cccc2c1CNCC2(C)C. The molecule has 1 aromatic rings. The minimum absolute atomic E-state index is 0.210. The van der Waals surface area contributed by atoms with E-state index < -0.39 is 0 Å². The van der Waals surface area contributed by atoms with E-state index in [-0.39, 0.29) is 5.41 Å². The topological polar surface area (TPSA) is 21.3 Å². The summed E-state index contributed by atoms with van der Waals surface area (Å²) in [6.07, 6.45) is 0. The highest BCUT2D eigenvalue weighted by Gasteiger charge is 2.28. The van der Waals surface area contributed by atoms with Gasteiger partial charge in [-0.3, -0.25) is 0 Å². The van der Waals surface area contributed by atoms with Crippen LogP contribution in [-0.2, 0) is 12.0 Å². The molecule has 2 nitrogen and oxygen atoms in total. The first-order chi connectivity index (χ1) is 6.65. The first-order valence-electron chi connectivity index (χ1n) is 5.02. The lowest BCUT2D eigenvalue weighted by Gasteiger charge is -2.33. The van der Waals surface area contributed by atoms with Gasteiger partial charge in [0.2, 0.25) is 0 Å². The molecule has 0 radical (unpaired) electrons. The number of ether oxygens (including phenoxy) is 1. The number of benzene rings is 1. The van der Waals surface area contributed by atoms with Crippen LogP contribution >= 0.6 is 0 Å². The van der Waals surface area contributed by atoms with Crippen molar-refractivity contribution in [2.45, 2.75) is 25.8 Å². The molecule has 0 saturated carbocycles. The monoisotopic (exact) mass is 191 g/mol. The smallest absolute Gasteiger partial charge is 0.123 e. The van der Waals surface area contributed by atoms with Crippen molar-refractivity contribution in [3.63, 3.8) is 0 Å². The van der Waals surface area contributed by atoms with Crippen LogP contribution in [0.4, 0.5) is 0 Å². The van der Waals surface area contributed by atoms with Crippen molar-refractivity contribution in [1.82, 2.24) is 5.32 Å². The molecule has 0 saturated heterocycles. The Morgan fingerprint density at radius 2 is 2.14 bits per heavy atom. The third-order valence-corrected chi connectivity index (χ3v) is 2.95. The molecule has 1 aromatic carbocycles. The fraction of sp³-hybridized carbons (Fsp3) is 0.500. The van der Waals surface area contributed by atoms with Crippen molar-refractivity contribution in [2.75, 3.05) is 13.7 Å². The standard InChI is InChI=1S/C12H17NO/c1-12(2)8-13-7-9-10(12)5-4-6-11(9)14-3/h4-6,13H,7-8H2,1-3H3. The van der Waals surface area contributed by atoms with Gasteiger partial charge in [-0.1, -0.05) is 26.0 Å². The van der Waals surface area contributed by atoms with Gasteiger partial charge in [0.05, 0.1) is 7.11 Å². The first kappa shape index (κ1) is 9.53. The van der Waals surface area contributed by atoms with E-state index >= 15 is 0 Å². The second-order valence-corrected chi connectivity index (χ2v) is 4.47. The second-order valence-electron chi connectivity index (χ2n) is 4.47. The molecule has 0 spiro atoms. The van der Waals surface area contributed by atoms with E-state index in [0.717, 1.165) is 18.8 Å². The molecule has 0 unspecified atom stereocenters. The first-order valence-corrected chi connectivity index (χ1v) is 5.02. The second kappa shape index (κ2) is 3.28. The molecule has 2 heteroatoms. The highest BCUT2D eigenvalue weighted by molar-refractivity contribution is 5.45. The highest BCUT2D eigenvalue weighted by atomic mass is 16.5. The van der Waals surface area contributed by atoms with Gasteiger partial charge in [0.25, 0.3) is 0 Å². The van der Waals surface area contributed by atoms with Gasteiger partial charge in [0, 0.05) is 24.1 Å². The van der Waals surface area contributed by atoms with Crippen molar-refractivity contribution >= 4 is 0 Å². The molecule has 0 amide bonds. The molecule has 2 rings (SSSR count). The highest BCUT2D eigenvalue weighted by Crippen LogP contribution is 2.34. The average molecular weight is 191 g/mol. The third kappa shape index (κ3) is 1.40. The minimum Gasteiger partial charge on any atom is -0.496 e. The van der Waals surface area contributed by atoms with Gasteiger partial charge in [0.15, 0.2) is 0 Å². The molecule has 1 heterocycles. The van der Waals surface area contributed by atoms with Gasteiger partial charge in [-0.05, 0) is 11.6 Å². The van der Waals surface area contributed by atoms with E-state index in [2.05, 4.69) is 31.3 Å². The van der Waals surface area contributed by atoms with Crippen LogP contribution in [0.15, 0.2) is 18.2 Å². The maximum atomic E-state index is 5.37. The van der Waals surface area contributed by atoms with E-state index in [1.54, 1.807) is 7.11 Å². The number of methoxy groups -OCH3 is 1. The molecule has 0 bridgehead atoms. The summed E-state index contributed by atoms with van der Waals surface area (Å²) in [6.45, 7) is 6.48. The largest absolute Gasteiger partial charge is 0.496 e. The van der Waals surface area contributed by atoms with Crippen LogP contribution in [0.25, 0.3) is 0 Å². The van der Waals surface area contributed by atoms with Crippen LogP contribution in [0, 0.1) is 0 Å². The zero-order chi connectivity index (χ0) is 10.2. The Hall–Kier alpha value is -1.02. The lowest BCUT2D eigenvalue weighted by molar-refractivity contribution is 0.385. The fourth-order valence-corrected chi connectivity index (χ4v) is 2.17. The molecular weight excluding hydrogens is 174 g/mol. The molecular formula is C12H17NO. The number of fused-ring (bicyclic) bond motifs is 1. The quantitative estimate of drug-likeness (QED) is 0.733. The maximum Gasteiger partial charge on any atom is 0.123 e. The minimum atomic E-state index is 0.210. The molecule has 76 valence electrons. The van der Waals surface area contributed by atoms with Gasteiger partial charge in [0.1, 0.15) is 5.75 Å². The Morgan fingerprint density at radius 1 is 1.36 bits per heavy atom. The van der Waals surface area contributed by atoms with Gasteiger partial charge in [-0.15, -0.1) is 0 Å². The molecule has 14 heavy (non-hydrogen) atoms. The molecule has 1 N–H and O–H groups in total. The van der Waals surface area contributed by atoms with Crippen LogP contribution in [0.1, 0.15) is 25.0 Å². The van der Waals surface area contributed by atoms with Gasteiger partial charge < -0.3 is 10.1 Å². The van der Waals surface area contributed by atoms with E-state index in [9.17, 15) is 0 Å². The van der Waals surface area contributed by atoms with Gasteiger partial charge in [-0.25, -0.2) is 0 Å². The molecule has 0 aliphatic carbocycles. The maximum absolute atomic E-state index is 5.37. The number of rotatable bonds is 1. The van der Waals surface area contributed by atoms with Crippen LogP contribution in [-0.4, -0.2) is 13.7 Å². The summed E-state index contributed by atoms with van der Waals surface area (Å²) in [5, 5.41) is 3.43. The van der Waals surface area contributed by atoms with E-state index in [1.165, 1.54) is 11.1 Å². The Morgan fingerprint density at radius 3 is 2.86 bits per heavy atom. The molecule has 1 aliphatic rings. The third-order valence-electron chi connectivity index (χ3n) is 2.95. The van der Waals surface area contributed by atoms with Crippen LogP contribution in [0.2, 0.25) is 0 Å². The Kier molecular flexibility index (Phi) is 2.23. The summed E-state index contributed by atoms with van der Waals surface area (Å²) in [6, 6.07) is 6.31. The number of nitrogens with one attached hydrogen (secondary N) is 1. The van der Waals surface area contributed by atoms with Crippen molar-refractivity contribution < 1.29 is 4.74 Å². The van der Waals surface area contributed by atoms with Crippen molar-refractivity contribution in [3.05, 3.63) is 29.3 Å². The van der Waals surface area contributed by atoms with Crippen LogP contribution in [0.3, 0.4) is 0 Å². The summed E-state index contributed by atoms with van der Waals surface area (Å²) in [5.41, 5.74) is 2.93. The molecule has 0 atom stereocenters. The Bertz CT molecular complexity index is 344. The predicted octanol–water partition coefficient (Wildman–Crippen LogP) is 2.08. The zero-order valence-electron chi connectivity index (χ0n) is 9.05. The lowest BCUT2D eigenvalue weighted by Crippen LogP contribution is -2.38. The van der Waals surface area contributed by atoms with Crippen LogP contribution in [0.5, 0.6) is 5.75 Å². The number of hydrogen-bond acceptors (Lipinski definition) is 2. The Labute approximate surface area is 85.3 Å². The van der Waals surface area contributed by atoms with E-state index in [0.29, 0.717) is 0 Å². The summed E-state index contributed by atoms with van der Waals surface area (Å²) >= 11 is 0. The number of hydrogen-bond donors (Lipinski definition) is 1. The molecule has 1 aliphatic heterocycles. The summed E-state index contributed by atoms with van der Waals surface area (Å²) in [4.78, 5) is 0. The normalized spacial score (nSPS) is 18.8. The van der Waals surface area contributed by atoms with E-state index in [4.69, 9.17) is 4.74 Å². The average Bonchev–Trinajstić information content (AvgIpc) is 2.17. The van der Waals surface area contributed by atoms with Crippen molar-refractivity contribution in [3.8, 4) is 5.75 Å². The van der Waals surface area contributed by atoms with E-state index in [1.807, 2.05) is 6.07 Å². The fourth-order valence-electron chi connectivity index (χ4n) is 2.17. The molecule has 0 fully saturated rings. The van der Waals surface area contributed by atoms with Crippen molar-refractivity contribution in [1.29, 1.82) is 0 Å². The molecule has 0 aromatic heterocycles. The lowest BCUT2D eigenvalue weighted by atomic mass is 9.79. The van der Waals surface area contributed by atoms with Crippen molar-refractivity contribution in [2.24, 2.45) is 0 Å². The Balaban J connectivity index is 2.55. The zero-order valence-corrected chi connectivity index (χ0v) is 9.05. The predicted molar refractivity (Wildman–Crippen MR) is 57.7 cm³/mol. The summed E-state index contributed by atoms with van der Waals surface area (Å²) < 4.78 is 5.37. The van der Waals surface area contributed by atoms with Gasteiger partial charge >= 0.3 is 0 Å².